The Hall–Kier alpha value is -1.36. The molecule has 0 aliphatic carbocycles. The van der Waals surface area contributed by atoms with Crippen LogP contribution in [0.3, 0.4) is 0 Å². The van der Waals surface area contributed by atoms with Gasteiger partial charge in [-0.2, -0.15) is 0 Å². The summed E-state index contributed by atoms with van der Waals surface area (Å²) in [5.41, 5.74) is 0.964. The Kier molecular flexibility index (Phi) is 2.73. The highest BCUT2D eigenvalue weighted by Gasteiger charge is 2.26. The molecule has 2 rings (SSSR count). The van der Waals surface area contributed by atoms with Gasteiger partial charge in [0.1, 0.15) is 0 Å². The van der Waals surface area contributed by atoms with E-state index in [2.05, 4.69) is 26.6 Å². The van der Waals surface area contributed by atoms with E-state index in [9.17, 15) is 9.59 Å². The van der Waals surface area contributed by atoms with Gasteiger partial charge >= 0.3 is 11.8 Å². The fraction of sp³-hybridized carbons (Fsp3) is 0.200. The smallest absolute Gasteiger partial charge is 0.309 e. The maximum absolute atomic E-state index is 11.2. The summed E-state index contributed by atoms with van der Waals surface area (Å²) in [6.45, 7) is 0.424. The number of carbonyl (C=O) groups excluding carboxylic acids is 2. The van der Waals surface area contributed by atoms with Gasteiger partial charge in [-0.3, -0.25) is 9.59 Å². The molecule has 78 valence electrons. The van der Waals surface area contributed by atoms with Crippen molar-refractivity contribution in [1.29, 1.82) is 0 Å². The van der Waals surface area contributed by atoms with Gasteiger partial charge in [0.15, 0.2) is 0 Å². The van der Waals surface area contributed by atoms with Crippen molar-refractivity contribution in [3.05, 3.63) is 34.3 Å². The van der Waals surface area contributed by atoms with E-state index in [-0.39, 0.29) is 6.04 Å². The second kappa shape index (κ2) is 4.02. The quantitative estimate of drug-likeness (QED) is 0.739. The molecule has 0 bridgehead atoms. The Labute approximate surface area is 95.2 Å². The molecule has 0 saturated carbocycles. The Morgan fingerprint density at radius 3 is 2.60 bits per heavy atom. The topological polar surface area (TPSA) is 58.2 Å². The van der Waals surface area contributed by atoms with Crippen LogP contribution in [-0.2, 0) is 9.59 Å². The monoisotopic (exact) mass is 268 g/mol. The number of hydrogen-bond donors (Lipinski definition) is 2. The van der Waals surface area contributed by atoms with Crippen LogP contribution < -0.4 is 10.6 Å². The largest absolute Gasteiger partial charge is 0.345 e. The number of benzene rings is 1. The summed E-state index contributed by atoms with van der Waals surface area (Å²) < 4.78 is 0.923. The second-order valence-electron chi connectivity index (χ2n) is 3.26. The van der Waals surface area contributed by atoms with Crippen molar-refractivity contribution in [2.45, 2.75) is 6.04 Å². The van der Waals surface area contributed by atoms with Gasteiger partial charge in [-0.05, 0) is 11.6 Å². The minimum atomic E-state index is -0.581. The molecule has 2 amide bonds. The molecule has 15 heavy (non-hydrogen) atoms. The molecule has 0 radical (unpaired) electrons. The zero-order valence-corrected chi connectivity index (χ0v) is 9.37. The van der Waals surface area contributed by atoms with E-state index in [1.54, 1.807) is 0 Å². The van der Waals surface area contributed by atoms with Crippen molar-refractivity contribution in [2.24, 2.45) is 0 Å². The van der Waals surface area contributed by atoms with Gasteiger partial charge in [-0.15, -0.1) is 0 Å². The Bertz CT molecular complexity index is 420. The highest BCUT2D eigenvalue weighted by atomic mass is 79.9. The van der Waals surface area contributed by atoms with Crippen LogP contribution in [0.5, 0.6) is 0 Å². The average molecular weight is 269 g/mol. The zero-order chi connectivity index (χ0) is 10.8. The summed E-state index contributed by atoms with van der Waals surface area (Å²) in [7, 11) is 0. The lowest BCUT2D eigenvalue weighted by molar-refractivity contribution is -0.141. The highest BCUT2D eigenvalue weighted by molar-refractivity contribution is 9.10. The van der Waals surface area contributed by atoms with Crippen molar-refractivity contribution in [3.8, 4) is 0 Å². The van der Waals surface area contributed by atoms with Gasteiger partial charge < -0.3 is 10.6 Å². The second-order valence-corrected chi connectivity index (χ2v) is 4.11. The van der Waals surface area contributed by atoms with Crippen molar-refractivity contribution in [1.82, 2.24) is 10.6 Å². The number of halogens is 1. The predicted molar refractivity (Wildman–Crippen MR) is 58.0 cm³/mol. The summed E-state index contributed by atoms with van der Waals surface area (Å²) in [5, 5.41) is 5.18. The Morgan fingerprint density at radius 1 is 1.20 bits per heavy atom. The number of nitrogens with one attached hydrogen (secondary N) is 2. The van der Waals surface area contributed by atoms with E-state index in [4.69, 9.17) is 0 Å². The van der Waals surface area contributed by atoms with Crippen LogP contribution in [0.25, 0.3) is 0 Å². The summed E-state index contributed by atoms with van der Waals surface area (Å²) in [6, 6.07) is 7.44. The van der Waals surface area contributed by atoms with Crippen molar-refractivity contribution < 1.29 is 9.59 Å². The first kappa shape index (κ1) is 10.2. The van der Waals surface area contributed by atoms with E-state index < -0.39 is 11.8 Å². The number of amides is 2. The zero-order valence-electron chi connectivity index (χ0n) is 7.79. The third-order valence-electron chi connectivity index (χ3n) is 2.26. The van der Waals surface area contributed by atoms with Gasteiger partial charge in [-0.1, -0.05) is 34.1 Å². The molecule has 1 fully saturated rings. The van der Waals surface area contributed by atoms with Crippen LogP contribution in [0.2, 0.25) is 0 Å². The van der Waals surface area contributed by atoms with Crippen LogP contribution >= 0.6 is 15.9 Å². The first-order valence-corrected chi connectivity index (χ1v) is 5.31. The molecule has 4 nitrogen and oxygen atoms in total. The molecule has 0 aromatic heterocycles. The third-order valence-corrected chi connectivity index (χ3v) is 2.98. The molecule has 1 aliphatic rings. The van der Waals surface area contributed by atoms with Gasteiger partial charge in [0.25, 0.3) is 0 Å². The standard InChI is InChI=1S/C10H9BrN2O2/c11-7-4-2-1-3-6(7)8-5-12-9(14)10(15)13-8/h1-4,8H,5H2,(H,12,14)(H,13,15). The first-order valence-electron chi connectivity index (χ1n) is 4.51. The number of hydrogen-bond acceptors (Lipinski definition) is 2. The predicted octanol–water partition coefficient (Wildman–Crippen LogP) is 0.736. The maximum Gasteiger partial charge on any atom is 0.309 e. The van der Waals surface area contributed by atoms with Crippen LogP contribution in [0.15, 0.2) is 28.7 Å². The molecule has 1 saturated heterocycles. The third kappa shape index (κ3) is 2.02. The van der Waals surface area contributed by atoms with Crippen LogP contribution in [0.4, 0.5) is 0 Å². The highest BCUT2D eigenvalue weighted by Crippen LogP contribution is 2.23. The van der Waals surface area contributed by atoms with E-state index in [1.165, 1.54) is 0 Å². The van der Waals surface area contributed by atoms with Gasteiger partial charge in [0.2, 0.25) is 0 Å². The molecule has 0 spiro atoms. The number of rotatable bonds is 1. The van der Waals surface area contributed by atoms with Gasteiger partial charge in [0, 0.05) is 11.0 Å². The Morgan fingerprint density at radius 2 is 1.93 bits per heavy atom. The molecule has 1 heterocycles. The van der Waals surface area contributed by atoms with Gasteiger partial charge in [0.05, 0.1) is 6.04 Å². The lowest BCUT2D eigenvalue weighted by atomic mass is 10.1. The SMILES string of the molecule is O=C1NCC(c2ccccc2Br)NC1=O. The van der Waals surface area contributed by atoms with E-state index >= 15 is 0 Å². The molecule has 1 aromatic carbocycles. The summed E-state index contributed by atoms with van der Waals surface area (Å²) in [6.07, 6.45) is 0. The van der Waals surface area contributed by atoms with Crippen LogP contribution in [-0.4, -0.2) is 18.4 Å². The molecule has 1 unspecified atom stereocenters. The minimum absolute atomic E-state index is 0.161. The first-order chi connectivity index (χ1) is 7.18. The molecular weight excluding hydrogens is 260 g/mol. The summed E-state index contributed by atoms with van der Waals surface area (Å²) in [5.74, 6) is -1.15. The van der Waals surface area contributed by atoms with E-state index in [1.807, 2.05) is 24.3 Å². The Balaban J connectivity index is 2.23. The molecule has 1 aromatic rings. The fourth-order valence-corrected chi connectivity index (χ4v) is 2.06. The number of piperazine rings is 1. The summed E-state index contributed by atoms with van der Waals surface area (Å²) >= 11 is 3.40. The molecule has 1 aliphatic heterocycles. The molecule has 5 heteroatoms. The number of carbonyl (C=O) groups is 2. The van der Waals surface area contributed by atoms with Crippen LogP contribution in [0, 0.1) is 0 Å². The van der Waals surface area contributed by atoms with E-state index in [0.29, 0.717) is 6.54 Å². The van der Waals surface area contributed by atoms with Gasteiger partial charge in [-0.25, -0.2) is 0 Å². The lowest BCUT2D eigenvalue weighted by Gasteiger charge is -2.24. The van der Waals surface area contributed by atoms with Crippen molar-refractivity contribution in [2.75, 3.05) is 6.54 Å². The van der Waals surface area contributed by atoms with Crippen molar-refractivity contribution >= 4 is 27.7 Å². The van der Waals surface area contributed by atoms with Crippen molar-refractivity contribution in [3.63, 3.8) is 0 Å². The molecule has 2 N–H and O–H groups in total. The minimum Gasteiger partial charge on any atom is -0.345 e. The fourth-order valence-electron chi connectivity index (χ4n) is 1.50. The molecule has 1 atom stereocenters. The maximum atomic E-state index is 11.2. The lowest BCUT2D eigenvalue weighted by Crippen LogP contribution is -2.51. The summed E-state index contributed by atoms with van der Waals surface area (Å²) in [4.78, 5) is 22.1. The average Bonchev–Trinajstić information content (AvgIpc) is 2.23. The normalized spacial score (nSPS) is 20.7. The molecular formula is C10H9BrN2O2. The van der Waals surface area contributed by atoms with E-state index in [0.717, 1.165) is 10.0 Å². The van der Waals surface area contributed by atoms with Crippen LogP contribution in [0.1, 0.15) is 11.6 Å².